The molecule has 0 aliphatic rings. The molecular weight excluding hydrogens is 717 g/mol. The Morgan fingerprint density at radius 3 is 1.03 bits per heavy atom. The molecule has 328 valence electrons. The fourth-order valence-corrected chi connectivity index (χ4v) is 6.10. The highest BCUT2D eigenvalue weighted by Crippen LogP contribution is 2.13. The first-order chi connectivity index (χ1) is 28.6. The Morgan fingerprint density at radius 1 is 0.397 bits per heavy atom. The molecule has 0 aromatic rings. The lowest BCUT2D eigenvalue weighted by Gasteiger charge is -2.15. The molecule has 5 nitrogen and oxygen atoms in total. The molecule has 0 saturated carbocycles. The molecule has 0 rings (SSSR count). The van der Waals surface area contributed by atoms with Gasteiger partial charge in [0.05, 0.1) is 6.61 Å². The number of hydrogen-bond donors (Lipinski definition) is 1. The van der Waals surface area contributed by atoms with Crippen LogP contribution in [0.5, 0.6) is 0 Å². The van der Waals surface area contributed by atoms with Gasteiger partial charge in [-0.2, -0.15) is 0 Å². The standard InChI is InChI=1S/C53H86O5/c1-3-5-7-9-11-13-15-17-19-21-23-24-25-26-27-28-30-32-34-36-38-40-42-44-46-48-53(56)58-51(49-54)50-57-52(55)47-45-43-41-39-37-35-33-31-29-22-20-18-16-14-12-10-8-6-4-2/h5-8,11-14,17-20,23-24,26-27,29,31,51,54H,3-4,9-10,15-16,21-22,25,28,30,32-50H2,1-2H3/b7-5-,8-6-,13-11-,14-12-,19-17-,20-18-,24-23-,27-26-,31-29-. The van der Waals surface area contributed by atoms with Crippen LogP contribution in [0, 0.1) is 0 Å². The molecule has 0 spiro atoms. The van der Waals surface area contributed by atoms with E-state index in [1.165, 1.54) is 64.2 Å². The Morgan fingerprint density at radius 2 is 0.690 bits per heavy atom. The van der Waals surface area contributed by atoms with Gasteiger partial charge in [0.1, 0.15) is 6.61 Å². The van der Waals surface area contributed by atoms with Crippen molar-refractivity contribution in [3.8, 4) is 0 Å². The van der Waals surface area contributed by atoms with Crippen LogP contribution in [-0.2, 0) is 19.1 Å². The molecule has 0 bridgehead atoms. The summed E-state index contributed by atoms with van der Waals surface area (Å²) < 4.78 is 10.6. The van der Waals surface area contributed by atoms with Crippen LogP contribution in [0.2, 0.25) is 0 Å². The van der Waals surface area contributed by atoms with Gasteiger partial charge in [-0.3, -0.25) is 9.59 Å². The van der Waals surface area contributed by atoms with Crippen molar-refractivity contribution in [3.05, 3.63) is 109 Å². The molecule has 0 radical (unpaired) electrons. The molecular formula is C53H86O5. The van der Waals surface area contributed by atoms with Gasteiger partial charge < -0.3 is 14.6 Å². The Bertz CT molecular complexity index is 1180. The first-order valence-electron chi connectivity index (χ1n) is 23.4. The summed E-state index contributed by atoms with van der Waals surface area (Å²) in [6.45, 7) is 3.89. The zero-order chi connectivity index (χ0) is 42.1. The van der Waals surface area contributed by atoms with Gasteiger partial charge in [-0.25, -0.2) is 0 Å². The maximum Gasteiger partial charge on any atom is 0.306 e. The number of ether oxygens (including phenoxy) is 2. The van der Waals surface area contributed by atoms with Crippen LogP contribution in [0.1, 0.15) is 194 Å². The van der Waals surface area contributed by atoms with Crippen molar-refractivity contribution in [1.29, 1.82) is 0 Å². The Kier molecular flexibility index (Phi) is 45.1. The molecule has 58 heavy (non-hydrogen) atoms. The lowest BCUT2D eigenvalue weighted by molar-refractivity contribution is -0.161. The Hall–Kier alpha value is -3.44. The van der Waals surface area contributed by atoms with E-state index in [1.54, 1.807) is 0 Å². The number of carbonyl (C=O) groups is 2. The van der Waals surface area contributed by atoms with E-state index in [4.69, 9.17) is 9.47 Å². The number of carbonyl (C=O) groups excluding carboxylic acids is 2. The largest absolute Gasteiger partial charge is 0.462 e. The van der Waals surface area contributed by atoms with Crippen molar-refractivity contribution in [2.45, 2.75) is 200 Å². The van der Waals surface area contributed by atoms with Crippen molar-refractivity contribution in [2.75, 3.05) is 13.2 Å². The molecule has 1 unspecified atom stereocenters. The van der Waals surface area contributed by atoms with Gasteiger partial charge in [0.15, 0.2) is 6.10 Å². The van der Waals surface area contributed by atoms with Crippen molar-refractivity contribution in [1.82, 2.24) is 0 Å². The fourth-order valence-electron chi connectivity index (χ4n) is 6.10. The highest BCUT2D eigenvalue weighted by molar-refractivity contribution is 5.70. The van der Waals surface area contributed by atoms with Gasteiger partial charge in [0.2, 0.25) is 0 Å². The zero-order valence-electron chi connectivity index (χ0n) is 37.3. The van der Waals surface area contributed by atoms with Crippen molar-refractivity contribution in [2.24, 2.45) is 0 Å². The predicted octanol–water partition coefficient (Wildman–Crippen LogP) is 15.4. The summed E-state index contributed by atoms with van der Waals surface area (Å²) in [6, 6.07) is 0. The normalized spacial score (nSPS) is 13.2. The van der Waals surface area contributed by atoms with Crippen LogP contribution < -0.4 is 0 Å². The summed E-state index contributed by atoms with van der Waals surface area (Å²) in [5.74, 6) is -0.622. The third-order valence-electron chi connectivity index (χ3n) is 9.56. The Balaban J connectivity index is 3.60. The SMILES string of the molecule is CC/C=C\C/C=C\C/C=C\C/C=C\C/C=C\CCCCCCCCCCCC(=O)OC(CO)COC(=O)CCCCCCCC/C=C\C/C=C\C/C=C\C/C=C\CC. The first-order valence-corrected chi connectivity index (χ1v) is 23.4. The lowest BCUT2D eigenvalue weighted by Crippen LogP contribution is -2.28. The van der Waals surface area contributed by atoms with Crippen LogP contribution in [0.15, 0.2) is 109 Å². The van der Waals surface area contributed by atoms with E-state index in [-0.39, 0.29) is 25.2 Å². The van der Waals surface area contributed by atoms with E-state index >= 15 is 0 Å². The second-order valence-electron chi connectivity index (χ2n) is 15.1. The van der Waals surface area contributed by atoms with E-state index < -0.39 is 6.10 Å². The van der Waals surface area contributed by atoms with Gasteiger partial charge >= 0.3 is 11.9 Å². The molecule has 5 heteroatoms. The summed E-state index contributed by atoms with van der Waals surface area (Å²) in [5, 5.41) is 9.61. The fraction of sp³-hybridized carbons (Fsp3) is 0.623. The summed E-state index contributed by atoms with van der Waals surface area (Å²) in [5.41, 5.74) is 0. The second-order valence-corrected chi connectivity index (χ2v) is 15.1. The third-order valence-corrected chi connectivity index (χ3v) is 9.56. The van der Waals surface area contributed by atoms with E-state index in [9.17, 15) is 14.7 Å². The van der Waals surface area contributed by atoms with Crippen LogP contribution in [-0.4, -0.2) is 36.4 Å². The van der Waals surface area contributed by atoms with E-state index in [2.05, 4.69) is 123 Å². The van der Waals surface area contributed by atoms with E-state index in [0.29, 0.717) is 12.8 Å². The van der Waals surface area contributed by atoms with Crippen molar-refractivity contribution in [3.63, 3.8) is 0 Å². The molecule has 0 aliphatic carbocycles. The molecule has 1 N–H and O–H groups in total. The minimum Gasteiger partial charge on any atom is -0.462 e. The Labute approximate surface area is 357 Å². The van der Waals surface area contributed by atoms with Crippen molar-refractivity contribution < 1.29 is 24.2 Å². The van der Waals surface area contributed by atoms with Crippen LogP contribution in [0.4, 0.5) is 0 Å². The number of rotatable bonds is 41. The molecule has 0 saturated heterocycles. The minimum atomic E-state index is -0.789. The average molecular weight is 803 g/mol. The van der Waals surface area contributed by atoms with Gasteiger partial charge in [-0.1, -0.05) is 194 Å². The van der Waals surface area contributed by atoms with Crippen LogP contribution >= 0.6 is 0 Å². The van der Waals surface area contributed by atoms with Crippen molar-refractivity contribution >= 4 is 11.9 Å². The molecule has 0 aromatic carbocycles. The summed E-state index contributed by atoms with van der Waals surface area (Å²) in [4.78, 5) is 24.4. The maximum absolute atomic E-state index is 12.3. The van der Waals surface area contributed by atoms with E-state index in [0.717, 1.165) is 103 Å². The summed E-state index contributed by atoms with van der Waals surface area (Å²) in [6.07, 6.45) is 68.7. The van der Waals surface area contributed by atoms with Gasteiger partial charge in [-0.15, -0.1) is 0 Å². The molecule has 0 aliphatic heterocycles. The second kappa shape index (κ2) is 47.9. The van der Waals surface area contributed by atoms with Gasteiger partial charge in [-0.05, 0) is 96.3 Å². The lowest BCUT2D eigenvalue weighted by atomic mass is 10.1. The van der Waals surface area contributed by atoms with Gasteiger partial charge in [0, 0.05) is 12.8 Å². The smallest absolute Gasteiger partial charge is 0.306 e. The third kappa shape index (κ3) is 45.3. The summed E-state index contributed by atoms with van der Waals surface area (Å²) >= 11 is 0. The number of aliphatic hydroxyl groups is 1. The van der Waals surface area contributed by atoms with E-state index in [1.807, 2.05) is 0 Å². The van der Waals surface area contributed by atoms with Crippen LogP contribution in [0.25, 0.3) is 0 Å². The number of allylic oxidation sites excluding steroid dienone is 18. The van der Waals surface area contributed by atoms with Crippen LogP contribution in [0.3, 0.4) is 0 Å². The molecule has 0 fully saturated rings. The maximum atomic E-state index is 12.3. The zero-order valence-corrected chi connectivity index (χ0v) is 37.3. The highest BCUT2D eigenvalue weighted by Gasteiger charge is 2.16. The average Bonchev–Trinajstić information content (AvgIpc) is 3.23. The predicted molar refractivity (Wildman–Crippen MR) is 251 cm³/mol. The molecule has 1 atom stereocenters. The summed E-state index contributed by atoms with van der Waals surface area (Å²) in [7, 11) is 0. The number of hydrogen-bond acceptors (Lipinski definition) is 5. The highest BCUT2D eigenvalue weighted by atomic mass is 16.6. The number of esters is 2. The van der Waals surface area contributed by atoms with Gasteiger partial charge in [0.25, 0.3) is 0 Å². The topological polar surface area (TPSA) is 72.8 Å². The molecule has 0 aromatic heterocycles. The molecule has 0 amide bonds. The molecule has 0 heterocycles. The number of aliphatic hydroxyl groups excluding tert-OH is 1. The first kappa shape index (κ1) is 54.6. The number of unbranched alkanes of at least 4 members (excludes halogenated alkanes) is 15. The quantitative estimate of drug-likeness (QED) is 0.0379. The monoisotopic (exact) mass is 803 g/mol. The minimum absolute atomic E-state index is 0.0826.